The number of aliphatic hydroxyl groups is 8. The molecule has 0 aromatic heterocycles. The second-order valence-electron chi connectivity index (χ2n) is 19.5. The molecule has 1 aliphatic carbocycles. The maximum absolute atomic E-state index is 12.9. The van der Waals surface area contributed by atoms with Gasteiger partial charge in [0, 0.05) is 25.7 Å². The smallest absolute Gasteiger partial charge is 0.367 e. The van der Waals surface area contributed by atoms with Crippen LogP contribution in [0.2, 0.25) is 0 Å². The summed E-state index contributed by atoms with van der Waals surface area (Å²) in [5.41, 5.74) is 6.49. The Morgan fingerprint density at radius 2 is 0.750 bits per heavy atom. The fourth-order valence-corrected chi connectivity index (χ4v) is 9.94. The van der Waals surface area contributed by atoms with Gasteiger partial charge in [-0.15, -0.1) is 0 Å². The van der Waals surface area contributed by atoms with Gasteiger partial charge in [-0.1, -0.05) is 64.1 Å². The van der Waals surface area contributed by atoms with E-state index < -0.39 is 98.8 Å². The van der Waals surface area contributed by atoms with E-state index in [4.69, 9.17) is 37.9 Å². The van der Waals surface area contributed by atoms with Crippen LogP contribution < -0.4 is 18.9 Å². The van der Waals surface area contributed by atoms with Gasteiger partial charge in [0.1, 0.15) is 71.8 Å². The van der Waals surface area contributed by atoms with Crippen LogP contribution in [0.25, 0.3) is 0 Å². The van der Waals surface area contributed by atoms with Crippen LogP contribution in [0.1, 0.15) is 109 Å². The summed E-state index contributed by atoms with van der Waals surface area (Å²) in [5.74, 6) is -7.12. The van der Waals surface area contributed by atoms with Crippen molar-refractivity contribution in [2.45, 2.75) is 153 Å². The molecule has 20 heteroatoms. The molecular weight excluding hydrogens is 993 g/mol. The highest BCUT2D eigenvalue weighted by Crippen LogP contribution is 2.42. The molecule has 10 atom stereocenters. The number of carboxylic acid groups (broad SMARTS) is 2. The maximum Gasteiger partial charge on any atom is 0.367 e. The Hall–Kier alpha value is -5.46. The molecule has 4 aromatic rings. The summed E-state index contributed by atoms with van der Waals surface area (Å²) in [6.45, 7) is 6.53. The predicted molar refractivity (Wildman–Crippen MR) is 270 cm³/mol. The normalized spacial score (nSPS) is 26.4. The van der Waals surface area contributed by atoms with Crippen molar-refractivity contribution in [1.29, 1.82) is 0 Å². The number of hydrogen-bond donors (Lipinski definition) is 10. The number of carbonyl (C=O) groups is 2. The van der Waals surface area contributed by atoms with E-state index in [1.54, 1.807) is 24.3 Å². The number of carboxylic acids is 2. The summed E-state index contributed by atoms with van der Waals surface area (Å²) >= 11 is 0. The van der Waals surface area contributed by atoms with E-state index in [9.17, 15) is 60.7 Å². The first kappa shape index (κ1) is 58.2. The number of aliphatic carboxylic acids is 2. The van der Waals surface area contributed by atoms with Crippen molar-refractivity contribution in [2.24, 2.45) is 0 Å². The Kier molecular flexibility index (Phi) is 19.8. The standard InChI is InChI=1S/C56H72O20/c1-5-15-69-47-33-11-9-12-34(47)24-38-20-32(30-74-56(54(67)68)52(64)46(62)44(60)42(28-58)76-56)22-40(50(38)72-18-8-4)26-36-14-10-13-35(48(36)70-16-6-2)25-39-21-31(19-37(23-33)49(39)71-17-7-3)29-73-55(53(65)66)51(63)45(61)43(59)41(27-57)75-55/h9-14,19-22,41-46,51-52,57-64H,5-8,15-18,23-30H2,1-4H3,(H,65,66)(H,67,68)/t41-,42-,43+,44+,45+,46+,51-,52-,55-,56-/m1/s1. The van der Waals surface area contributed by atoms with Crippen LogP contribution in [0, 0.1) is 0 Å². The van der Waals surface area contributed by atoms with Crippen molar-refractivity contribution in [2.75, 3.05) is 39.6 Å². The molecular formula is C56H72O20. The highest BCUT2D eigenvalue weighted by atomic mass is 16.7. The fraction of sp³-hybridized carbons (Fsp3) is 0.536. The predicted octanol–water partition coefficient (Wildman–Crippen LogP) is 3.06. The molecule has 20 nitrogen and oxygen atoms in total. The van der Waals surface area contributed by atoms with Crippen molar-refractivity contribution >= 4 is 11.9 Å². The Bertz CT molecular complexity index is 2350. The van der Waals surface area contributed by atoms with Gasteiger partial charge in [-0.25, -0.2) is 9.59 Å². The van der Waals surface area contributed by atoms with Gasteiger partial charge in [0.05, 0.1) is 52.9 Å². The van der Waals surface area contributed by atoms with Gasteiger partial charge >= 0.3 is 11.9 Å². The number of hydrogen-bond acceptors (Lipinski definition) is 18. The lowest BCUT2D eigenvalue weighted by molar-refractivity contribution is -0.355. The van der Waals surface area contributed by atoms with E-state index in [2.05, 4.69) is 0 Å². The third kappa shape index (κ3) is 12.1. The zero-order valence-electron chi connectivity index (χ0n) is 43.3. The van der Waals surface area contributed by atoms with E-state index in [-0.39, 0.29) is 25.7 Å². The summed E-state index contributed by atoms with van der Waals surface area (Å²) in [6.07, 6.45) is -11.9. The van der Waals surface area contributed by atoms with Gasteiger partial charge in [-0.2, -0.15) is 0 Å². The van der Waals surface area contributed by atoms with E-state index in [1.165, 1.54) is 0 Å². The van der Waals surface area contributed by atoms with Crippen LogP contribution in [0.5, 0.6) is 23.0 Å². The molecule has 10 N–H and O–H groups in total. The zero-order valence-corrected chi connectivity index (χ0v) is 43.3. The molecule has 0 spiro atoms. The van der Waals surface area contributed by atoms with E-state index >= 15 is 0 Å². The van der Waals surface area contributed by atoms with Crippen molar-refractivity contribution in [3.8, 4) is 23.0 Å². The number of ether oxygens (including phenoxy) is 8. The summed E-state index contributed by atoms with van der Waals surface area (Å²) < 4.78 is 49.7. The van der Waals surface area contributed by atoms with Crippen LogP contribution in [-0.4, -0.2) is 163 Å². The Morgan fingerprint density at radius 1 is 0.474 bits per heavy atom. The van der Waals surface area contributed by atoms with Gasteiger partial charge in [-0.05, 0) is 106 Å². The Balaban J connectivity index is 1.43. The number of aliphatic hydroxyl groups excluding tert-OH is 8. The lowest BCUT2D eigenvalue weighted by Gasteiger charge is -2.45. The molecule has 2 fully saturated rings. The number of fused-ring (bicyclic) bond motifs is 8. The molecule has 2 saturated heterocycles. The molecule has 0 saturated carbocycles. The summed E-state index contributed by atoms with van der Waals surface area (Å²) in [5, 5.41) is 106. The molecule has 2 aliphatic heterocycles. The van der Waals surface area contributed by atoms with Gasteiger partial charge in [0.15, 0.2) is 0 Å². The second-order valence-corrected chi connectivity index (χ2v) is 19.5. The molecule has 76 heavy (non-hydrogen) atoms. The number of benzene rings is 4. The van der Waals surface area contributed by atoms with Crippen LogP contribution in [-0.2, 0) is 67.4 Å². The van der Waals surface area contributed by atoms with Crippen LogP contribution in [0.15, 0.2) is 60.7 Å². The maximum atomic E-state index is 12.9. The quantitative estimate of drug-likeness (QED) is 0.0476. The third-order valence-electron chi connectivity index (χ3n) is 13.7. The molecule has 8 bridgehead atoms. The van der Waals surface area contributed by atoms with Crippen LogP contribution in [0.3, 0.4) is 0 Å². The fourth-order valence-electron chi connectivity index (χ4n) is 9.94. The zero-order chi connectivity index (χ0) is 54.9. The van der Waals surface area contributed by atoms with E-state index in [0.717, 1.165) is 22.3 Å². The molecule has 2 heterocycles. The lowest BCUT2D eigenvalue weighted by atomic mass is 9.89. The average molecular weight is 1070 g/mol. The highest BCUT2D eigenvalue weighted by molar-refractivity contribution is 5.77. The first-order valence-electron chi connectivity index (χ1n) is 25.9. The highest BCUT2D eigenvalue weighted by Gasteiger charge is 2.61. The second kappa shape index (κ2) is 25.8. The minimum absolute atomic E-state index is 0.208. The third-order valence-corrected chi connectivity index (χ3v) is 13.7. The molecule has 3 aliphatic rings. The lowest BCUT2D eigenvalue weighted by Crippen LogP contribution is -2.69. The van der Waals surface area contributed by atoms with Crippen LogP contribution in [0.4, 0.5) is 0 Å². The van der Waals surface area contributed by atoms with Crippen molar-refractivity contribution in [1.82, 2.24) is 0 Å². The first-order valence-corrected chi connectivity index (χ1v) is 25.9. The minimum atomic E-state index is -2.89. The topological polar surface area (TPSA) is 310 Å². The monoisotopic (exact) mass is 1060 g/mol. The van der Waals surface area contributed by atoms with E-state index in [0.29, 0.717) is 108 Å². The largest absolute Gasteiger partial charge is 0.493 e. The van der Waals surface area contributed by atoms with Gasteiger partial charge in [-0.3, -0.25) is 0 Å². The van der Waals surface area contributed by atoms with Gasteiger partial charge in [0.2, 0.25) is 0 Å². The SMILES string of the molecule is CCCOc1c2cccc1Cc1cc(CO[C@@]3(C(=O)O)O[C@H](CO)[C@H](O)[C@H](O)[C@H]3O)cc(c1OCCC)Cc1cccc(c1OCCC)Cc1cc(CO[C@@]3(C(=O)O)O[C@H](CO)[C@H](O)[C@H](O)[C@H]3O)cc(c1OCCC)C2. The molecule has 4 aromatic carbocycles. The van der Waals surface area contributed by atoms with Gasteiger partial charge in [0.25, 0.3) is 11.6 Å². The first-order chi connectivity index (χ1) is 36.5. The number of rotatable bonds is 22. The minimum Gasteiger partial charge on any atom is -0.493 e. The number of para-hydroxylation sites is 2. The summed E-state index contributed by atoms with van der Waals surface area (Å²) in [4.78, 5) is 25.9. The Labute approximate surface area is 440 Å². The molecule has 416 valence electrons. The van der Waals surface area contributed by atoms with Gasteiger partial charge < -0.3 is 89.0 Å². The van der Waals surface area contributed by atoms with Crippen molar-refractivity contribution in [3.05, 3.63) is 116 Å². The molecule has 0 amide bonds. The summed E-state index contributed by atoms with van der Waals surface area (Å²) in [6, 6.07) is 18.7. The van der Waals surface area contributed by atoms with E-state index in [1.807, 2.05) is 64.1 Å². The Morgan fingerprint density at radius 3 is 1.00 bits per heavy atom. The summed E-state index contributed by atoms with van der Waals surface area (Å²) in [7, 11) is 0. The van der Waals surface area contributed by atoms with Crippen LogP contribution >= 0.6 is 0 Å². The molecule has 0 unspecified atom stereocenters. The van der Waals surface area contributed by atoms with Crippen molar-refractivity contribution in [3.63, 3.8) is 0 Å². The molecule has 0 radical (unpaired) electrons. The molecule has 7 rings (SSSR count). The average Bonchev–Trinajstić information content (AvgIpc) is 3.41. The van der Waals surface area contributed by atoms with Crippen molar-refractivity contribution < 1.29 is 98.5 Å².